The summed E-state index contributed by atoms with van der Waals surface area (Å²) in [7, 11) is -3.28. The molecule has 1 aliphatic heterocycles. The second-order valence-corrected chi connectivity index (χ2v) is 7.16. The molecule has 5 nitrogen and oxygen atoms in total. The number of anilines is 2. The van der Waals surface area contributed by atoms with E-state index in [9.17, 15) is 8.42 Å². The molecule has 0 aromatic heterocycles. The number of nitrogens with one attached hydrogen (secondary N) is 2. The highest BCUT2D eigenvalue weighted by atomic mass is 35.5. The summed E-state index contributed by atoms with van der Waals surface area (Å²) < 4.78 is 30.2. The molecule has 0 bridgehead atoms. The third kappa shape index (κ3) is 4.85. The average Bonchev–Trinajstić information content (AvgIpc) is 2.39. The van der Waals surface area contributed by atoms with Crippen molar-refractivity contribution in [3.05, 3.63) is 23.2 Å². The van der Waals surface area contributed by atoms with Crippen LogP contribution in [0.2, 0.25) is 5.02 Å². The lowest BCUT2D eigenvalue weighted by Gasteiger charge is -2.23. The van der Waals surface area contributed by atoms with E-state index in [0.717, 1.165) is 44.5 Å². The van der Waals surface area contributed by atoms with Gasteiger partial charge in [0.05, 0.1) is 22.7 Å². The zero-order chi connectivity index (χ0) is 14.6. The summed E-state index contributed by atoms with van der Waals surface area (Å²) in [6, 6.07) is 5.03. The van der Waals surface area contributed by atoms with Crippen molar-refractivity contribution in [3.8, 4) is 0 Å². The van der Waals surface area contributed by atoms with Crippen LogP contribution in [0.1, 0.15) is 12.8 Å². The first kappa shape index (κ1) is 15.4. The van der Waals surface area contributed by atoms with Gasteiger partial charge in [-0.25, -0.2) is 8.42 Å². The zero-order valence-electron chi connectivity index (χ0n) is 11.4. The van der Waals surface area contributed by atoms with E-state index in [1.54, 1.807) is 18.2 Å². The summed E-state index contributed by atoms with van der Waals surface area (Å²) in [5.74, 6) is 0.561. The topological polar surface area (TPSA) is 67.4 Å². The smallest absolute Gasteiger partial charge is 0.229 e. The number of benzene rings is 1. The van der Waals surface area contributed by atoms with Crippen LogP contribution < -0.4 is 10.0 Å². The van der Waals surface area contributed by atoms with Gasteiger partial charge < -0.3 is 10.1 Å². The molecule has 1 fully saturated rings. The maximum absolute atomic E-state index is 11.2. The van der Waals surface area contributed by atoms with Crippen molar-refractivity contribution in [2.24, 2.45) is 5.92 Å². The summed E-state index contributed by atoms with van der Waals surface area (Å²) in [5, 5.41) is 3.87. The molecule has 0 saturated carbocycles. The van der Waals surface area contributed by atoms with Gasteiger partial charge in [-0.2, -0.15) is 0 Å². The summed E-state index contributed by atoms with van der Waals surface area (Å²) in [4.78, 5) is 0. The highest BCUT2D eigenvalue weighted by Crippen LogP contribution is 2.27. The molecule has 0 atom stereocenters. The Labute approximate surface area is 124 Å². The van der Waals surface area contributed by atoms with E-state index in [1.807, 2.05) is 0 Å². The SMILES string of the molecule is CS(=O)(=O)Nc1ccc(Cl)c(NCC2CCOCC2)c1. The highest BCUT2D eigenvalue weighted by molar-refractivity contribution is 7.92. The molecule has 0 amide bonds. The molecule has 0 spiro atoms. The predicted molar refractivity (Wildman–Crippen MR) is 82.0 cm³/mol. The zero-order valence-corrected chi connectivity index (χ0v) is 12.9. The summed E-state index contributed by atoms with van der Waals surface area (Å²) >= 11 is 6.12. The molecule has 1 aromatic carbocycles. The summed E-state index contributed by atoms with van der Waals surface area (Å²) in [6.07, 6.45) is 3.19. The number of rotatable bonds is 5. The van der Waals surface area contributed by atoms with Crippen LogP contribution in [0.25, 0.3) is 0 Å². The van der Waals surface area contributed by atoms with E-state index in [0.29, 0.717) is 16.6 Å². The van der Waals surface area contributed by atoms with Crippen LogP contribution in [0.3, 0.4) is 0 Å². The Kier molecular flexibility index (Phi) is 5.12. The molecule has 1 aliphatic rings. The molecule has 0 aliphatic carbocycles. The Bertz CT molecular complexity index is 557. The lowest BCUT2D eigenvalue weighted by atomic mass is 10.0. The standard InChI is InChI=1S/C13H19ClN2O3S/c1-20(17,18)16-11-2-3-12(14)13(8-11)15-9-10-4-6-19-7-5-10/h2-3,8,10,15-16H,4-7,9H2,1H3. The Balaban J connectivity index is 2.00. The predicted octanol–water partition coefficient (Wildman–Crippen LogP) is 2.55. The van der Waals surface area contributed by atoms with E-state index in [-0.39, 0.29) is 0 Å². The van der Waals surface area contributed by atoms with Gasteiger partial charge in [0, 0.05) is 19.8 Å². The van der Waals surface area contributed by atoms with Gasteiger partial charge in [-0.15, -0.1) is 0 Å². The first-order valence-corrected chi connectivity index (χ1v) is 8.80. The van der Waals surface area contributed by atoms with Gasteiger partial charge in [0.1, 0.15) is 0 Å². The van der Waals surface area contributed by atoms with Crippen LogP contribution in [0.4, 0.5) is 11.4 Å². The minimum absolute atomic E-state index is 0.506. The van der Waals surface area contributed by atoms with Crippen LogP contribution >= 0.6 is 11.6 Å². The van der Waals surface area contributed by atoms with Gasteiger partial charge in [-0.05, 0) is 37.0 Å². The van der Waals surface area contributed by atoms with Crippen molar-refractivity contribution in [3.63, 3.8) is 0 Å². The number of ether oxygens (including phenoxy) is 1. The van der Waals surface area contributed by atoms with Crippen molar-refractivity contribution in [1.82, 2.24) is 0 Å². The van der Waals surface area contributed by atoms with Crippen molar-refractivity contribution in [2.45, 2.75) is 12.8 Å². The molecular weight excluding hydrogens is 300 g/mol. The van der Waals surface area contributed by atoms with E-state index >= 15 is 0 Å². The maximum Gasteiger partial charge on any atom is 0.229 e. The Morgan fingerprint density at radius 2 is 2.05 bits per heavy atom. The minimum Gasteiger partial charge on any atom is -0.383 e. The Morgan fingerprint density at radius 3 is 2.70 bits per heavy atom. The molecule has 1 saturated heterocycles. The van der Waals surface area contributed by atoms with Gasteiger partial charge in [0.2, 0.25) is 10.0 Å². The number of hydrogen-bond donors (Lipinski definition) is 2. The largest absolute Gasteiger partial charge is 0.383 e. The van der Waals surface area contributed by atoms with Gasteiger partial charge in [0.25, 0.3) is 0 Å². The van der Waals surface area contributed by atoms with E-state index in [4.69, 9.17) is 16.3 Å². The van der Waals surface area contributed by atoms with Crippen molar-refractivity contribution >= 4 is 33.0 Å². The van der Waals surface area contributed by atoms with Crippen LogP contribution in [0.5, 0.6) is 0 Å². The summed E-state index contributed by atoms with van der Waals surface area (Å²) in [6.45, 7) is 2.41. The fourth-order valence-electron chi connectivity index (χ4n) is 2.14. The van der Waals surface area contributed by atoms with Crippen molar-refractivity contribution in [2.75, 3.05) is 36.1 Å². The minimum atomic E-state index is -3.28. The van der Waals surface area contributed by atoms with Gasteiger partial charge in [-0.3, -0.25) is 4.72 Å². The van der Waals surface area contributed by atoms with Crippen molar-refractivity contribution in [1.29, 1.82) is 0 Å². The third-order valence-electron chi connectivity index (χ3n) is 3.19. The van der Waals surface area contributed by atoms with Crippen LogP contribution in [0.15, 0.2) is 18.2 Å². The van der Waals surface area contributed by atoms with Gasteiger partial charge in [0.15, 0.2) is 0 Å². The van der Waals surface area contributed by atoms with E-state index in [1.165, 1.54) is 0 Å². The average molecular weight is 319 g/mol. The fourth-order valence-corrected chi connectivity index (χ4v) is 2.88. The maximum atomic E-state index is 11.2. The molecule has 20 heavy (non-hydrogen) atoms. The van der Waals surface area contributed by atoms with Gasteiger partial charge in [-0.1, -0.05) is 11.6 Å². The Hall–Kier alpha value is -0.980. The molecule has 2 rings (SSSR count). The lowest BCUT2D eigenvalue weighted by molar-refractivity contribution is 0.0699. The van der Waals surface area contributed by atoms with Gasteiger partial charge >= 0.3 is 0 Å². The monoisotopic (exact) mass is 318 g/mol. The molecule has 1 aromatic rings. The lowest BCUT2D eigenvalue weighted by Crippen LogP contribution is -2.22. The van der Waals surface area contributed by atoms with Crippen LogP contribution in [-0.4, -0.2) is 34.4 Å². The quantitative estimate of drug-likeness (QED) is 0.875. The second kappa shape index (κ2) is 6.65. The van der Waals surface area contributed by atoms with E-state index < -0.39 is 10.0 Å². The number of halogens is 1. The number of hydrogen-bond acceptors (Lipinski definition) is 4. The first-order valence-electron chi connectivity index (χ1n) is 6.53. The normalized spacial score (nSPS) is 16.9. The van der Waals surface area contributed by atoms with Crippen LogP contribution in [-0.2, 0) is 14.8 Å². The molecule has 7 heteroatoms. The molecule has 0 radical (unpaired) electrons. The van der Waals surface area contributed by atoms with Crippen LogP contribution in [0, 0.1) is 5.92 Å². The molecule has 2 N–H and O–H groups in total. The highest BCUT2D eigenvalue weighted by Gasteiger charge is 2.14. The van der Waals surface area contributed by atoms with E-state index in [2.05, 4.69) is 10.0 Å². The molecular formula is C13H19ClN2O3S. The van der Waals surface area contributed by atoms with Crippen molar-refractivity contribution < 1.29 is 13.2 Å². The second-order valence-electron chi connectivity index (χ2n) is 5.01. The fraction of sp³-hybridized carbons (Fsp3) is 0.538. The molecule has 0 unspecified atom stereocenters. The first-order chi connectivity index (χ1) is 9.44. The Morgan fingerprint density at radius 1 is 1.35 bits per heavy atom. The molecule has 112 valence electrons. The molecule has 1 heterocycles. The number of sulfonamides is 1. The third-order valence-corrected chi connectivity index (χ3v) is 4.13. The summed E-state index contributed by atoms with van der Waals surface area (Å²) in [5.41, 5.74) is 1.25.